The Morgan fingerprint density at radius 2 is 0.833 bits per heavy atom. The zero-order valence-corrected chi connectivity index (χ0v) is 5.88. The molecule has 0 unspecified atom stereocenters. The topological polar surface area (TPSA) is 17.1 Å². The molecule has 0 aliphatic carbocycles. The Balaban J connectivity index is -0.000000000833. The van der Waals surface area contributed by atoms with Crippen LogP contribution < -0.4 is 33.0 Å². The van der Waals surface area contributed by atoms with E-state index < -0.39 is 0 Å². The monoisotopic (exact) mass is 264 g/mol. The minimum atomic E-state index is 0. The first-order chi connectivity index (χ1) is 1.00. The zero-order valence-electron chi connectivity index (χ0n) is 2.95. The first-order valence-electron chi connectivity index (χ1n) is 0.167. The van der Waals surface area contributed by atoms with Crippen LogP contribution in [0.3, 0.4) is 0 Å². The molecule has 0 aromatic carbocycles. The Kier molecular flexibility index (Phi) is 2050. The minimum absolute atomic E-state index is 0. The molecule has 6 heavy (non-hydrogen) atoms. The Labute approximate surface area is 56.4 Å². The Morgan fingerprint density at radius 3 is 0.833 bits per heavy atom. The first kappa shape index (κ1) is 67.5. The van der Waals surface area contributed by atoms with Gasteiger partial charge in [0.05, 0.1) is 0 Å². The predicted octanol–water partition coefficient (Wildman–Crippen LogP) is -12.1. The molecule has 0 amide bonds. The number of hydrogen-bond acceptors (Lipinski definition) is 1. The molecule has 0 bridgehead atoms. The standard InChI is InChI=1S/3FH.Li.O.W/h3*1H;;;/q;;;+1;;+2/p-3. The third kappa shape index (κ3) is 95.5. The van der Waals surface area contributed by atoms with Crippen molar-refractivity contribution in [1.29, 1.82) is 0 Å². The zero-order chi connectivity index (χ0) is 2.00. The van der Waals surface area contributed by atoms with Crippen molar-refractivity contribution in [2.45, 2.75) is 0 Å². The molecular weight excluding hydrogens is 264 g/mol. The maximum atomic E-state index is 8.33. The molecule has 0 aliphatic rings. The van der Waals surface area contributed by atoms with Gasteiger partial charge in [-0.25, -0.2) is 0 Å². The third-order valence-electron chi connectivity index (χ3n) is 0. The van der Waals surface area contributed by atoms with Gasteiger partial charge < -0.3 is 14.1 Å². The van der Waals surface area contributed by atoms with Crippen molar-refractivity contribution in [1.82, 2.24) is 0 Å². The van der Waals surface area contributed by atoms with Crippen molar-refractivity contribution in [2.75, 3.05) is 0 Å². The number of halogens is 3. The summed E-state index contributed by atoms with van der Waals surface area (Å²) in [7, 11) is 0. The molecule has 34 valence electrons. The van der Waals surface area contributed by atoms with Crippen LogP contribution in [-0.2, 0) is 23.2 Å². The van der Waals surface area contributed by atoms with E-state index >= 15 is 0 Å². The normalized spacial score (nSPS) is 0.500. The van der Waals surface area contributed by atoms with Gasteiger partial charge in [0.2, 0.25) is 0 Å². The second kappa shape index (κ2) is 182. The van der Waals surface area contributed by atoms with Crippen molar-refractivity contribution in [3.05, 3.63) is 0 Å². The van der Waals surface area contributed by atoms with Gasteiger partial charge in [-0.15, -0.1) is 0 Å². The van der Waals surface area contributed by atoms with E-state index in [1.54, 1.807) is 0 Å². The van der Waals surface area contributed by atoms with Crippen LogP contribution in [0.2, 0.25) is 0 Å². The summed E-state index contributed by atoms with van der Waals surface area (Å²) in [4.78, 5) is 0. The van der Waals surface area contributed by atoms with E-state index in [-0.39, 0.29) is 33.0 Å². The number of rotatable bonds is 0. The summed E-state index contributed by atoms with van der Waals surface area (Å²) in [5.74, 6) is 0. The molecule has 0 atom stereocenters. The van der Waals surface area contributed by atoms with Crippen LogP contribution in [0.15, 0.2) is 0 Å². The third-order valence-corrected chi connectivity index (χ3v) is 0. The average Bonchev–Trinajstić information content (AvgIpc) is 1.00. The Bertz CT molecular complexity index is 10.8. The van der Waals surface area contributed by atoms with Gasteiger partial charge in [0, 0.05) is 0 Å². The summed E-state index contributed by atoms with van der Waals surface area (Å²) >= 11 is 0.333. The molecule has 0 saturated carbocycles. The molecule has 1 nitrogen and oxygen atoms in total. The van der Waals surface area contributed by atoms with E-state index in [1.165, 1.54) is 0 Å². The summed E-state index contributed by atoms with van der Waals surface area (Å²) in [5, 5.41) is 0. The molecule has 6 heteroatoms. The number of hydrogen-bond donors (Lipinski definition) is 0. The summed E-state index contributed by atoms with van der Waals surface area (Å²) in [5.41, 5.74) is 0. The van der Waals surface area contributed by atoms with Crippen LogP contribution in [0, 0.1) is 0 Å². The molecular formula is F3LiOW. The van der Waals surface area contributed by atoms with Crippen LogP contribution in [-0.4, -0.2) is 0 Å². The second-order valence-corrected chi connectivity index (χ2v) is 0. The van der Waals surface area contributed by atoms with Gasteiger partial charge in [-0.05, 0) is 0 Å². The van der Waals surface area contributed by atoms with Gasteiger partial charge in [-0.2, -0.15) is 0 Å². The quantitative estimate of drug-likeness (QED) is 0.397. The maximum absolute atomic E-state index is 8.33. The molecule has 0 aliphatic heterocycles. The summed E-state index contributed by atoms with van der Waals surface area (Å²) in [6.07, 6.45) is 0. The molecule has 0 fully saturated rings. The summed E-state index contributed by atoms with van der Waals surface area (Å²) in [6, 6.07) is 0. The SMILES string of the molecule is [F-].[F-].[F-].[Li+].[O]=[W+2]. The van der Waals surface area contributed by atoms with E-state index in [0.29, 0.717) is 19.8 Å². The van der Waals surface area contributed by atoms with Crippen molar-refractivity contribution >= 4 is 0 Å². The van der Waals surface area contributed by atoms with E-state index in [1.807, 2.05) is 0 Å². The van der Waals surface area contributed by atoms with Gasteiger partial charge in [-0.3, -0.25) is 0 Å². The van der Waals surface area contributed by atoms with Crippen LogP contribution in [0.4, 0.5) is 0 Å². The van der Waals surface area contributed by atoms with E-state index in [4.69, 9.17) is 3.40 Å². The van der Waals surface area contributed by atoms with Gasteiger partial charge in [-0.1, -0.05) is 0 Å². The molecule has 0 aromatic rings. The fourth-order valence-corrected chi connectivity index (χ4v) is 0. The Hall–Kier alpha value is 0.876. The summed E-state index contributed by atoms with van der Waals surface area (Å²) in [6.45, 7) is 0. The van der Waals surface area contributed by atoms with E-state index in [0.717, 1.165) is 0 Å². The van der Waals surface area contributed by atoms with Gasteiger partial charge in [0.15, 0.2) is 0 Å². The fourth-order valence-electron chi connectivity index (χ4n) is 0. The first-order valence-corrected chi connectivity index (χ1v) is 1.36. The van der Waals surface area contributed by atoms with Crippen LogP contribution >= 0.6 is 0 Å². The molecule has 0 radical (unpaired) electrons. The summed E-state index contributed by atoms with van der Waals surface area (Å²) < 4.78 is 8.33. The van der Waals surface area contributed by atoms with Crippen molar-refractivity contribution in [3.63, 3.8) is 0 Å². The molecule has 0 aromatic heterocycles. The van der Waals surface area contributed by atoms with Crippen LogP contribution in [0.25, 0.3) is 0 Å². The average molecular weight is 264 g/mol. The van der Waals surface area contributed by atoms with Crippen LogP contribution in [0.5, 0.6) is 0 Å². The molecule has 0 heterocycles. The Morgan fingerprint density at radius 1 is 0.833 bits per heavy atom. The van der Waals surface area contributed by atoms with Crippen molar-refractivity contribution in [3.8, 4) is 0 Å². The van der Waals surface area contributed by atoms with Gasteiger partial charge in [0.1, 0.15) is 0 Å². The molecule has 0 N–H and O–H groups in total. The van der Waals surface area contributed by atoms with Crippen LogP contribution in [0.1, 0.15) is 0 Å². The van der Waals surface area contributed by atoms with E-state index in [2.05, 4.69) is 0 Å². The van der Waals surface area contributed by atoms with Gasteiger partial charge >= 0.3 is 42.0 Å². The molecule has 0 spiro atoms. The van der Waals surface area contributed by atoms with Crippen molar-refractivity contribution < 1.29 is 56.1 Å². The van der Waals surface area contributed by atoms with Gasteiger partial charge in [0.25, 0.3) is 0 Å². The fraction of sp³-hybridized carbons (Fsp3) is 0. The molecule has 0 rings (SSSR count). The predicted molar refractivity (Wildman–Crippen MR) is 0.686 cm³/mol. The second-order valence-electron chi connectivity index (χ2n) is 0. The molecule has 0 saturated heterocycles. The van der Waals surface area contributed by atoms with E-state index in [9.17, 15) is 0 Å². The van der Waals surface area contributed by atoms with Crippen molar-refractivity contribution in [2.24, 2.45) is 0 Å².